The molecule has 5 atom stereocenters. The number of benzene rings is 3. The van der Waals surface area contributed by atoms with E-state index in [1.807, 2.05) is 6.07 Å². The summed E-state index contributed by atoms with van der Waals surface area (Å²) in [6.45, 7) is 2.23. The van der Waals surface area contributed by atoms with Crippen LogP contribution in [0.3, 0.4) is 0 Å². The topological polar surface area (TPSA) is 149 Å². The van der Waals surface area contributed by atoms with Crippen LogP contribution in [-0.2, 0) is 42.9 Å². The second kappa shape index (κ2) is 17.9. The average molecular weight is 677 g/mol. The first-order valence-electron chi connectivity index (χ1n) is 15.3. The van der Waals surface area contributed by atoms with Crippen molar-refractivity contribution in [3.63, 3.8) is 0 Å². The van der Waals surface area contributed by atoms with Gasteiger partial charge in [-0.3, -0.25) is 9.59 Å². The van der Waals surface area contributed by atoms with E-state index in [4.69, 9.17) is 23.7 Å². The third kappa shape index (κ3) is 10.9. The molecule has 0 unspecified atom stereocenters. The summed E-state index contributed by atoms with van der Waals surface area (Å²) in [6, 6.07) is 25.3. The summed E-state index contributed by atoms with van der Waals surface area (Å²) in [4.78, 5) is 76.4. The van der Waals surface area contributed by atoms with Gasteiger partial charge in [-0.15, -0.1) is 0 Å². The van der Waals surface area contributed by atoms with Crippen LogP contribution in [0.15, 0.2) is 95.9 Å². The number of rotatable bonds is 15. The minimum absolute atomic E-state index is 0.0326. The van der Waals surface area contributed by atoms with Gasteiger partial charge in [-0.05, 0) is 50.2 Å². The zero-order valence-electron chi connectivity index (χ0n) is 26.5. The lowest BCUT2D eigenvalue weighted by molar-refractivity contribution is -0.224. The average Bonchev–Trinajstić information content (AvgIpc) is 3.09. The van der Waals surface area contributed by atoms with Crippen molar-refractivity contribution in [2.75, 3.05) is 6.61 Å². The highest BCUT2D eigenvalue weighted by Crippen LogP contribution is 2.38. The van der Waals surface area contributed by atoms with Crippen molar-refractivity contribution in [3.05, 3.63) is 102 Å². The highest BCUT2D eigenvalue weighted by molar-refractivity contribution is 7.99. The van der Waals surface area contributed by atoms with Gasteiger partial charge < -0.3 is 33.3 Å². The highest BCUT2D eigenvalue weighted by atomic mass is 32.2. The molecule has 12 heteroatoms. The minimum Gasteiger partial charge on any atom is -0.463 e. The summed E-state index contributed by atoms with van der Waals surface area (Å²) in [5, 5.41) is 0. The van der Waals surface area contributed by atoms with Gasteiger partial charge in [0, 0.05) is 17.7 Å². The van der Waals surface area contributed by atoms with Gasteiger partial charge >= 0.3 is 23.9 Å². The molecule has 4 rings (SSSR count). The Morgan fingerprint density at radius 1 is 0.583 bits per heavy atom. The number of ketones is 2. The van der Waals surface area contributed by atoms with Crippen molar-refractivity contribution in [2.24, 2.45) is 0 Å². The zero-order valence-corrected chi connectivity index (χ0v) is 27.3. The van der Waals surface area contributed by atoms with Gasteiger partial charge in [0.05, 0.1) is 24.0 Å². The van der Waals surface area contributed by atoms with Crippen LogP contribution in [0.1, 0.15) is 60.2 Å². The largest absolute Gasteiger partial charge is 0.463 e. The van der Waals surface area contributed by atoms with E-state index in [9.17, 15) is 28.8 Å². The molecule has 0 aromatic heterocycles. The standard InChI is InChI=1S/C36H36O11S/c1-23(37)18-20-29(39)43-22-28-31(45-30(40)21-19-24(2)38)32(46-34(41)25-12-6-3-7-13-25)33(47-35(42)26-14-8-4-9-15-26)36(44-28)48-27-16-10-5-11-17-27/h3-17,28,31-33,36H,18-22H2,1-2H3/t28-,31-,32+,33-,36+/m1/s1. The second-order valence-electron chi connectivity index (χ2n) is 11.0. The van der Waals surface area contributed by atoms with Gasteiger partial charge in [0.1, 0.15) is 29.7 Å². The maximum absolute atomic E-state index is 13.5. The van der Waals surface area contributed by atoms with Crippen molar-refractivity contribution in [2.45, 2.75) is 74.3 Å². The molecule has 0 aliphatic carbocycles. The van der Waals surface area contributed by atoms with E-state index in [0.717, 1.165) is 11.8 Å². The van der Waals surface area contributed by atoms with Crippen LogP contribution >= 0.6 is 11.8 Å². The van der Waals surface area contributed by atoms with Crippen LogP contribution in [0, 0.1) is 0 Å². The number of ether oxygens (including phenoxy) is 5. The van der Waals surface area contributed by atoms with E-state index in [1.54, 1.807) is 72.8 Å². The second-order valence-corrected chi connectivity index (χ2v) is 12.2. The van der Waals surface area contributed by atoms with Gasteiger partial charge in [-0.25, -0.2) is 9.59 Å². The fourth-order valence-corrected chi connectivity index (χ4v) is 5.81. The molecule has 1 heterocycles. The molecule has 1 aliphatic rings. The van der Waals surface area contributed by atoms with Crippen LogP contribution in [0.4, 0.5) is 0 Å². The molecule has 0 spiro atoms. The molecule has 1 saturated heterocycles. The van der Waals surface area contributed by atoms with E-state index in [1.165, 1.54) is 26.0 Å². The van der Waals surface area contributed by atoms with Crippen LogP contribution in [0.2, 0.25) is 0 Å². The molecule has 0 N–H and O–H groups in total. The van der Waals surface area contributed by atoms with Crippen LogP contribution in [0.25, 0.3) is 0 Å². The van der Waals surface area contributed by atoms with E-state index < -0.39 is 60.3 Å². The molecule has 252 valence electrons. The first-order valence-corrected chi connectivity index (χ1v) is 16.2. The van der Waals surface area contributed by atoms with Crippen LogP contribution in [0.5, 0.6) is 0 Å². The maximum Gasteiger partial charge on any atom is 0.338 e. The molecular formula is C36H36O11S. The Bertz CT molecular complexity index is 1560. The molecular weight excluding hydrogens is 640 g/mol. The summed E-state index contributed by atoms with van der Waals surface area (Å²) in [5.74, 6) is -3.50. The minimum atomic E-state index is -1.46. The number of Topliss-reactive ketones (excluding diaryl/α,β-unsaturated/α-hetero) is 2. The predicted octanol–water partition coefficient (Wildman–Crippen LogP) is 5.15. The number of hydrogen-bond donors (Lipinski definition) is 0. The normalized spacial score (nSPS) is 20.2. The quantitative estimate of drug-likeness (QED) is 0.155. The van der Waals surface area contributed by atoms with Crippen molar-refractivity contribution in [3.8, 4) is 0 Å². The summed E-state index contributed by atoms with van der Waals surface area (Å²) in [6.07, 6.45) is -6.06. The van der Waals surface area contributed by atoms with Gasteiger partial charge in [-0.2, -0.15) is 0 Å². The third-order valence-corrected chi connectivity index (χ3v) is 8.29. The molecule has 0 bridgehead atoms. The monoisotopic (exact) mass is 676 g/mol. The highest BCUT2D eigenvalue weighted by Gasteiger charge is 2.53. The summed E-state index contributed by atoms with van der Waals surface area (Å²) >= 11 is 1.16. The lowest BCUT2D eigenvalue weighted by Gasteiger charge is -2.44. The fraction of sp³-hybridized carbons (Fsp3) is 0.333. The SMILES string of the molecule is CC(=O)CCC(=O)OC[C@H]1O[C@@H](Sc2ccccc2)[C@H](OC(=O)c2ccccc2)[C@@H](OC(=O)c2ccccc2)[C@@H]1OC(=O)CCC(C)=O. The summed E-state index contributed by atoms with van der Waals surface area (Å²) in [7, 11) is 0. The van der Waals surface area contributed by atoms with E-state index >= 15 is 0 Å². The van der Waals surface area contributed by atoms with Crippen molar-refractivity contribution in [1.82, 2.24) is 0 Å². The Balaban J connectivity index is 1.75. The molecule has 3 aromatic rings. The van der Waals surface area contributed by atoms with Crippen molar-refractivity contribution >= 4 is 47.2 Å². The van der Waals surface area contributed by atoms with Crippen LogP contribution < -0.4 is 0 Å². The van der Waals surface area contributed by atoms with Gasteiger partial charge in [0.15, 0.2) is 18.3 Å². The molecule has 11 nitrogen and oxygen atoms in total. The Morgan fingerprint density at radius 2 is 1.06 bits per heavy atom. The van der Waals surface area contributed by atoms with Crippen molar-refractivity contribution < 1.29 is 52.5 Å². The molecule has 48 heavy (non-hydrogen) atoms. The number of carbonyl (C=O) groups excluding carboxylic acids is 6. The summed E-state index contributed by atoms with van der Waals surface area (Å²) < 4.78 is 29.7. The number of esters is 4. The Kier molecular flexibility index (Phi) is 13.5. The maximum atomic E-state index is 13.5. The van der Waals surface area contributed by atoms with Gasteiger partial charge in [0.2, 0.25) is 0 Å². The lowest BCUT2D eigenvalue weighted by atomic mass is 9.98. The molecule has 1 fully saturated rings. The Morgan fingerprint density at radius 3 is 1.58 bits per heavy atom. The predicted molar refractivity (Wildman–Crippen MR) is 173 cm³/mol. The smallest absolute Gasteiger partial charge is 0.338 e. The molecule has 0 saturated carbocycles. The van der Waals surface area contributed by atoms with Gasteiger partial charge in [-0.1, -0.05) is 66.4 Å². The first kappa shape index (κ1) is 36.0. The molecule has 1 aliphatic heterocycles. The molecule has 0 radical (unpaired) electrons. The van der Waals surface area contributed by atoms with E-state index in [-0.39, 0.29) is 48.4 Å². The number of carbonyl (C=O) groups is 6. The molecule has 0 amide bonds. The first-order chi connectivity index (χ1) is 23.1. The van der Waals surface area contributed by atoms with E-state index in [0.29, 0.717) is 4.90 Å². The van der Waals surface area contributed by atoms with Crippen LogP contribution in [-0.4, -0.2) is 71.9 Å². The van der Waals surface area contributed by atoms with E-state index in [2.05, 4.69) is 0 Å². The fourth-order valence-electron chi connectivity index (χ4n) is 4.69. The Labute approximate surface area is 282 Å². The molecule has 3 aromatic carbocycles. The number of hydrogen-bond acceptors (Lipinski definition) is 12. The lowest BCUT2D eigenvalue weighted by Crippen LogP contribution is -2.61. The zero-order chi connectivity index (χ0) is 34.5. The van der Waals surface area contributed by atoms with Gasteiger partial charge in [0.25, 0.3) is 0 Å². The number of thioether (sulfide) groups is 1. The third-order valence-electron chi connectivity index (χ3n) is 7.13. The summed E-state index contributed by atoms with van der Waals surface area (Å²) in [5.41, 5.74) is -0.661. The van der Waals surface area contributed by atoms with Crippen molar-refractivity contribution in [1.29, 1.82) is 0 Å². The Hall–Kier alpha value is -4.81.